The highest BCUT2D eigenvalue weighted by Gasteiger charge is 2.33. The number of amides is 3. The highest BCUT2D eigenvalue weighted by Crippen LogP contribution is 2.21. The van der Waals surface area contributed by atoms with E-state index in [1.165, 1.54) is 0 Å². The first-order valence-corrected chi connectivity index (χ1v) is 9.00. The van der Waals surface area contributed by atoms with Gasteiger partial charge in [-0.1, -0.05) is 13.8 Å². The van der Waals surface area contributed by atoms with Gasteiger partial charge in [-0.15, -0.1) is 12.4 Å². The second-order valence-electron chi connectivity index (χ2n) is 7.28. The average molecular weight is 361 g/mol. The van der Waals surface area contributed by atoms with E-state index < -0.39 is 0 Å². The van der Waals surface area contributed by atoms with E-state index in [2.05, 4.69) is 24.5 Å². The predicted molar refractivity (Wildman–Crippen MR) is 98.4 cm³/mol. The maximum absolute atomic E-state index is 12.8. The Kier molecular flexibility index (Phi) is 8.84. The molecule has 2 unspecified atom stereocenters. The van der Waals surface area contributed by atoms with Gasteiger partial charge in [-0.3, -0.25) is 4.79 Å². The lowest BCUT2D eigenvalue weighted by atomic mass is 9.95. The minimum absolute atomic E-state index is 0. The highest BCUT2D eigenvalue weighted by molar-refractivity contribution is 5.85. The van der Waals surface area contributed by atoms with Crippen LogP contribution in [0.25, 0.3) is 0 Å². The number of hydrogen-bond acceptors (Lipinski definition) is 3. The summed E-state index contributed by atoms with van der Waals surface area (Å²) in [5, 5.41) is 6.24. The molecule has 0 aliphatic carbocycles. The molecule has 140 valence electrons. The summed E-state index contributed by atoms with van der Waals surface area (Å²) in [6, 6.07) is 0.379. The Balaban J connectivity index is 0.00000288. The topological polar surface area (TPSA) is 64.7 Å². The van der Waals surface area contributed by atoms with Crippen molar-refractivity contribution >= 4 is 24.3 Å². The third-order valence-electron chi connectivity index (χ3n) is 4.86. The number of rotatable bonds is 4. The lowest BCUT2D eigenvalue weighted by molar-refractivity contribution is -0.138. The van der Waals surface area contributed by atoms with Gasteiger partial charge < -0.3 is 20.4 Å². The van der Waals surface area contributed by atoms with Gasteiger partial charge in [0.1, 0.15) is 0 Å². The van der Waals surface area contributed by atoms with Gasteiger partial charge in [-0.05, 0) is 38.6 Å². The van der Waals surface area contributed by atoms with Crippen LogP contribution in [0.15, 0.2) is 0 Å². The van der Waals surface area contributed by atoms with Crippen LogP contribution in [0.3, 0.4) is 0 Å². The first-order valence-electron chi connectivity index (χ1n) is 9.00. The van der Waals surface area contributed by atoms with Gasteiger partial charge >= 0.3 is 6.03 Å². The van der Waals surface area contributed by atoms with E-state index in [0.717, 1.165) is 45.3 Å². The van der Waals surface area contributed by atoms with Crippen LogP contribution in [0.2, 0.25) is 0 Å². The Morgan fingerprint density at radius 3 is 2.42 bits per heavy atom. The second kappa shape index (κ2) is 10.1. The molecule has 2 fully saturated rings. The summed E-state index contributed by atoms with van der Waals surface area (Å²) >= 11 is 0. The molecule has 2 aliphatic heterocycles. The number of carbonyl (C=O) groups is 2. The van der Waals surface area contributed by atoms with E-state index in [1.54, 1.807) is 0 Å². The van der Waals surface area contributed by atoms with Crippen molar-refractivity contribution < 1.29 is 9.59 Å². The molecule has 0 aromatic heterocycles. The van der Waals surface area contributed by atoms with Gasteiger partial charge in [0.05, 0.1) is 5.92 Å². The van der Waals surface area contributed by atoms with Crippen LogP contribution >= 0.6 is 12.4 Å². The van der Waals surface area contributed by atoms with E-state index in [1.807, 2.05) is 16.8 Å². The van der Waals surface area contributed by atoms with E-state index in [-0.39, 0.29) is 30.3 Å². The Hall–Kier alpha value is -1.01. The van der Waals surface area contributed by atoms with Crippen molar-refractivity contribution in [2.75, 3.05) is 39.8 Å². The molecule has 3 amide bonds. The number of piperidine rings is 2. The van der Waals surface area contributed by atoms with Crippen LogP contribution in [-0.4, -0.2) is 67.6 Å². The summed E-state index contributed by atoms with van der Waals surface area (Å²) in [5.74, 6) is 0.628. The summed E-state index contributed by atoms with van der Waals surface area (Å²) in [6.45, 7) is 7.81. The van der Waals surface area contributed by atoms with E-state index in [9.17, 15) is 9.59 Å². The molecule has 2 heterocycles. The van der Waals surface area contributed by atoms with Crippen molar-refractivity contribution in [3.63, 3.8) is 0 Å². The largest absolute Gasteiger partial charge is 0.341 e. The summed E-state index contributed by atoms with van der Waals surface area (Å²) in [4.78, 5) is 28.8. The Morgan fingerprint density at radius 2 is 1.75 bits per heavy atom. The number of likely N-dealkylation sites (tertiary alicyclic amines) is 2. The van der Waals surface area contributed by atoms with Gasteiger partial charge in [0, 0.05) is 38.8 Å². The molecular formula is C17H33ClN4O2. The van der Waals surface area contributed by atoms with Crippen LogP contribution in [0.4, 0.5) is 4.79 Å². The van der Waals surface area contributed by atoms with Gasteiger partial charge in [0.25, 0.3) is 0 Å². The average Bonchev–Trinajstić information content (AvgIpc) is 2.59. The van der Waals surface area contributed by atoms with Crippen molar-refractivity contribution in [1.29, 1.82) is 0 Å². The van der Waals surface area contributed by atoms with Crippen LogP contribution in [0.1, 0.15) is 39.5 Å². The van der Waals surface area contributed by atoms with Crippen molar-refractivity contribution in [3.05, 3.63) is 0 Å². The maximum Gasteiger partial charge on any atom is 0.317 e. The van der Waals surface area contributed by atoms with Crippen molar-refractivity contribution in [2.45, 2.75) is 45.6 Å². The van der Waals surface area contributed by atoms with Crippen molar-refractivity contribution in [3.8, 4) is 0 Å². The van der Waals surface area contributed by atoms with Crippen LogP contribution in [0.5, 0.6) is 0 Å². The summed E-state index contributed by atoms with van der Waals surface area (Å²) in [6.07, 6.45) is 4.00. The van der Waals surface area contributed by atoms with Crippen LogP contribution < -0.4 is 10.6 Å². The lowest BCUT2D eigenvalue weighted by Gasteiger charge is -2.38. The summed E-state index contributed by atoms with van der Waals surface area (Å²) < 4.78 is 0. The molecule has 0 radical (unpaired) electrons. The number of hydrogen-bond donors (Lipinski definition) is 2. The Bertz CT molecular complexity index is 419. The zero-order chi connectivity index (χ0) is 16.8. The first kappa shape index (κ1) is 21.0. The third-order valence-corrected chi connectivity index (χ3v) is 4.86. The van der Waals surface area contributed by atoms with Gasteiger partial charge in [-0.25, -0.2) is 4.79 Å². The molecule has 0 bridgehead atoms. The molecule has 0 saturated carbocycles. The molecule has 2 N–H and O–H groups in total. The number of carbonyl (C=O) groups excluding carboxylic acids is 2. The SMILES string of the molecule is CNC1CCCN(C(=O)C2CCCN(C(=O)NCC(C)C)C2)C1.Cl. The molecule has 2 atom stereocenters. The van der Waals surface area contributed by atoms with E-state index in [0.29, 0.717) is 25.0 Å². The normalized spacial score (nSPS) is 24.5. The number of likely N-dealkylation sites (N-methyl/N-ethyl adjacent to an activating group) is 1. The minimum Gasteiger partial charge on any atom is -0.341 e. The number of halogens is 1. The predicted octanol–water partition coefficient (Wildman–Crippen LogP) is 1.70. The summed E-state index contributed by atoms with van der Waals surface area (Å²) in [7, 11) is 1.96. The van der Waals surface area contributed by atoms with Crippen LogP contribution in [0, 0.1) is 11.8 Å². The fourth-order valence-corrected chi connectivity index (χ4v) is 3.44. The summed E-state index contributed by atoms with van der Waals surface area (Å²) in [5.41, 5.74) is 0. The Labute approximate surface area is 152 Å². The van der Waals surface area contributed by atoms with Gasteiger partial charge in [0.2, 0.25) is 5.91 Å². The Morgan fingerprint density at radius 1 is 1.08 bits per heavy atom. The lowest BCUT2D eigenvalue weighted by Crippen LogP contribution is -2.53. The fraction of sp³-hybridized carbons (Fsp3) is 0.882. The van der Waals surface area contributed by atoms with E-state index in [4.69, 9.17) is 0 Å². The molecule has 0 aromatic rings. The molecule has 7 heteroatoms. The number of urea groups is 1. The maximum atomic E-state index is 12.8. The monoisotopic (exact) mass is 360 g/mol. The molecule has 2 rings (SSSR count). The molecular weight excluding hydrogens is 328 g/mol. The molecule has 2 saturated heterocycles. The third kappa shape index (κ3) is 5.81. The quantitative estimate of drug-likeness (QED) is 0.802. The van der Waals surface area contributed by atoms with Crippen molar-refractivity contribution in [2.24, 2.45) is 11.8 Å². The van der Waals surface area contributed by atoms with Crippen LogP contribution in [-0.2, 0) is 4.79 Å². The zero-order valence-corrected chi connectivity index (χ0v) is 16.0. The standard InChI is InChI=1S/C17H32N4O2.ClH/c1-13(2)10-19-17(23)21-9-4-6-14(11-21)16(22)20-8-5-7-15(12-20)18-3;/h13-15,18H,4-12H2,1-3H3,(H,19,23);1H. The smallest absolute Gasteiger partial charge is 0.317 e. The zero-order valence-electron chi connectivity index (χ0n) is 15.2. The number of nitrogens with zero attached hydrogens (tertiary/aromatic N) is 2. The van der Waals surface area contributed by atoms with Gasteiger partial charge in [-0.2, -0.15) is 0 Å². The minimum atomic E-state index is -0.0378. The molecule has 24 heavy (non-hydrogen) atoms. The number of nitrogens with one attached hydrogen (secondary N) is 2. The molecule has 0 spiro atoms. The molecule has 6 nitrogen and oxygen atoms in total. The van der Waals surface area contributed by atoms with Gasteiger partial charge in [0.15, 0.2) is 0 Å². The highest BCUT2D eigenvalue weighted by atomic mass is 35.5. The van der Waals surface area contributed by atoms with E-state index >= 15 is 0 Å². The second-order valence-corrected chi connectivity index (χ2v) is 7.28. The fourth-order valence-electron chi connectivity index (χ4n) is 3.44. The van der Waals surface area contributed by atoms with Crippen molar-refractivity contribution in [1.82, 2.24) is 20.4 Å². The molecule has 0 aromatic carbocycles. The first-order chi connectivity index (χ1) is 11.0. The molecule has 2 aliphatic rings.